The molecule has 2 aromatic rings. The Labute approximate surface area is 206 Å². The summed E-state index contributed by atoms with van der Waals surface area (Å²) in [6.07, 6.45) is 3.90. The number of carbonyl (C=O) groups is 1. The molecular formula is C24H24BrNO4S2. The van der Waals surface area contributed by atoms with E-state index in [2.05, 4.69) is 35.0 Å². The van der Waals surface area contributed by atoms with Crippen LogP contribution in [-0.2, 0) is 16.1 Å². The predicted octanol–water partition coefficient (Wildman–Crippen LogP) is 5.73. The molecule has 1 amide bonds. The maximum Gasteiger partial charge on any atom is 0.266 e. The number of thioether (sulfide) groups is 1. The highest BCUT2D eigenvalue weighted by Crippen LogP contribution is 2.39. The summed E-state index contributed by atoms with van der Waals surface area (Å²) >= 11 is 10.4. The lowest BCUT2D eigenvalue weighted by atomic mass is 10.1. The van der Waals surface area contributed by atoms with Crippen LogP contribution in [0.5, 0.6) is 11.5 Å². The molecule has 0 aliphatic carbocycles. The van der Waals surface area contributed by atoms with Gasteiger partial charge in [0.05, 0.1) is 29.1 Å². The van der Waals surface area contributed by atoms with Crippen molar-refractivity contribution in [3.8, 4) is 11.5 Å². The van der Waals surface area contributed by atoms with Crippen molar-refractivity contribution in [2.45, 2.75) is 32.5 Å². The number of thiocarbonyl (C=S) groups is 1. The van der Waals surface area contributed by atoms with Crippen LogP contribution in [-0.4, -0.2) is 41.5 Å². The second kappa shape index (κ2) is 10.4. The van der Waals surface area contributed by atoms with Crippen LogP contribution in [0.25, 0.3) is 6.08 Å². The van der Waals surface area contributed by atoms with Crippen molar-refractivity contribution < 1.29 is 19.0 Å². The second-order valence-corrected chi connectivity index (χ2v) is 10.3. The van der Waals surface area contributed by atoms with E-state index in [1.165, 1.54) is 17.3 Å². The molecule has 2 saturated heterocycles. The van der Waals surface area contributed by atoms with E-state index in [0.717, 1.165) is 35.0 Å². The van der Waals surface area contributed by atoms with Crippen molar-refractivity contribution in [1.29, 1.82) is 0 Å². The van der Waals surface area contributed by atoms with Gasteiger partial charge in [-0.05, 0) is 65.0 Å². The molecule has 0 bridgehead atoms. The first-order valence-corrected chi connectivity index (χ1v) is 12.4. The number of aryl methyl sites for hydroxylation is 1. The summed E-state index contributed by atoms with van der Waals surface area (Å²) in [5.41, 5.74) is 3.11. The number of nitrogens with zero attached hydrogens (tertiary/aromatic N) is 1. The molecule has 1 atom stereocenters. The van der Waals surface area contributed by atoms with Crippen LogP contribution < -0.4 is 9.47 Å². The summed E-state index contributed by atoms with van der Waals surface area (Å²) in [6.45, 7) is 3.75. The number of hydrogen-bond acceptors (Lipinski definition) is 6. The summed E-state index contributed by atoms with van der Waals surface area (Å²) < 4.78 is 18.6. The normalized spacial score (nSPS) is 19.8. The Kier molecular flexibility index (Phi) is 7.55. The average Bonchev–Trinajstić information content (AvgIpc) is 3.38. The molecule has 32 heavy (non-hydrogen) atoms. The first kappa shape index (κ1) is 23.3. The molecule has 0 saturated carbocycles. The Morgan fingerprint density at radius 1 is 1.31 bits per heavy atom. The minimum atomic E-state index is -0.0784. The van der Waals surface area contributed by atoms with E-state index in [-0.39, 0.29) is 12.0 Å². The van der Waals surface area contributed by atoms with Gasteiger partial charge in [0, 0.05) is 6.61 Å². The highest BCUT2D eigenvalue weighted by atomic mass is 79.9. The number of methoxy groups -OCH3 is 1. The molecule has 2 aromatic carbocycles. The van der Waals surface area contributed by atoms with Crippen molar-refractivity contribution in [3.05, 3.63) is 62.5 Å². The fraction of sp³-hybridized carbons (Fsp3) is 0.333. The molecule has 4 rings (SSSR count). The number of benzene rings is 2. The minimum Gasteiger partial charge on any atom is -0.493 e. The molecule has 8 heteroatoms. The molecule has 2 aliphatic heterocycles. The lowest BCUT2D eigenvalue weighted by molar-refractivity contribution is -0.123. The molecule has 2 heterocycles. The van der Waals surface area contributed by atoms with Crippen molar-refractivity contribution in [1.82, 2.24) is 4.90 Å². The predicted molar refractivity (Wildman–Crippen MR) is 135 cm³/mol. The molecule has 2 aliphatic rings. The van der Waals surface area contributed by atoms with Crippen LogP contribution in [0.1, 0.15) is 29.5 Å². The third-order valence-electron chi connectivity index (χ3n) is 5.34. The van der Waals surface area contributed by atoms with Crippen LogP contribution in [0.2, 0.25) is 0 Å². The lowest BCUT2D eigenvalue weighted by Gasteiger charge is -2.18. The summed E-state index contributed by atoms with van der Waals surface area (Å²) in [5.74, 6) is 1.13. The Balaban J connectivity index is 1.50. The van der Waals surface area contributed by atoms with Crippen molar-refractivity contribution in [2.24, 2.45) is 0 Å². The van der Waals surface area contributed by atoms with Crippen molar-refractivity contribution in [2.75, 3.05) is 20.3 Å². The zero-order chi connectivity index (χ0) is 22.7. The quantitative estimate of drug-likeness (QED) is 0.334. The maximum atomic E-state index is 12.9. The van der Waals surface area contributed by atoms with E-state index in [0.29, 0.717) is 33.9 Å². The summed E-state index contributed by atoms with van der Waals surface area (Å²) in [7, 11) is 1.60. The fourth-order valence-electron chi connectivity index (χ4n) is 3.60. The van der Waals surface area contributed by atoms with Gasteiger partial charge in [-0.25, -0.2) is 0 Å². The summed E-state index contributed by atoms with van der Waals surface area (Å²) in [4.78, 5) is 15.2. The Morgan fingerprint density at radius 3 is 2.78 bits per heavy atom. The van der Waals surface area contributed by atoms with E-state index in [1.54, 1.807) is 12.0 Å². The number of ether oxygens (including phenoxy) is 3. The van der Waals surface area contributed by atoms with Crippen molar-refractivity contribution in [3.63, 3.8) is 0 Å². The van der Waals surface area contributed by atoms with E-state index in [4.69, 9.17) is 26.4 Å². The SMILES string of the molecule is COc1cc(/C=C2\SC(=S)N(C[C@H]3CCCO3)C2=O)cc(Br)c1OCc1ccc(C)cc1. The molecule has 0 radical (unpaired) electrons. The first-order valence-electron chi connectivity index (χ1n) is 10.4. The van der Waals surface area contributed by atoms with Crippen LogP contribution in [0, 0.1) is 6.92 Å². The summed E-state index contributed by atoms with van der Waals surface area (Å²) in [5, 5.41) is 0. The van der Waals surface area contributed by atoms with Crippen LogP contribution in [0.4, 0.5) is 0 Å². The van der Waals surface area contributed by atoms with Crippen LogP contribution >= 0.6 is 39.9 Å². The van der Waals surface area contributed by atoms with Gasteiger partial charge in [0.1, 0.15) is 10.9 Å². The molecule has 5 nitrogen and oxygen atoms in total. The van der Waals surface area contributed by atoms with Gasteiger partial charge in [0.2, 0.25) is 0 Å². The zero-order valence-corrected chi connectivity index (χ0v) is 21.1. The standard InChI is InChI=1S/C24H24BrNO4S2/c1-15-5-7-16(8-6-15)14-30-22-19(25)10-17(11-20(22)28-2)12-21-23(27)26(24(31)32-21)13-18-4-3-9-29-18/h5-8,10-12,18H,3-4,9,13-14H2,1-2H3/b21-12-/t18-/m1/s1. The average molecular weight is 534 g/mol. The number of carbonyl (C=O) groups excluding carboxylic acids is 1. The van der Waals surface area contributed by atoms with Crippen LogP contribution in [0.3, 0.4) is 0 Å². The largest absolute Gasteiger partial charge is 0.493 e. The first-order chi connectivity index (χ1) is 15.4. The topological polar surface area (TPSA) is 48.0 Å². The molecule has 0 aromatic heterocycles. The number of amides is 1. The van der Waals surface area contributed by atoms with Gasteiger partial charge in [0.25, 0.3) is 5.91 Å². The third kappa shape index (κ3) is 5.36. The van der Waals surface area contributed by atoms with Crippen LogP contribution in [0.15, 0.2) is 45.8 Å². The number of hydrogen-bond donors (Lipinski definition) is 0. The van der Waals surface area contributed by atoms with Gasteiger partial charge in [0.15, 0.2) is 11.5 Å². The molecule has 0 unspecified atom stereocenters. The van der Waals surface area contributed by atoms with E-state index < -0.39 is 0 Å². The smallest absolute Gasteiger partial charge is 0.266 e. The highest BCUT2D eigenvalue weighted by Gasteiger charge is 2.34. The van der Waals surface area contributed by atoms with E-state index in [9.17, 15) is 4.79 Å². The van der Waals surface area contributed by atoms with Gasteiger partial charge < -0.3 is 14.2 Å². The van der Waals surface area contributed by atoms with Gasteiger partial charge in [-0.3, -0.25) is 9.69 Å². The molecular weight excluding hydrogens is 510 g/mol. The minimum absolute atomic E-state index is 0.0658. The maximum absolute atomic E-state index is 12.9. The molecule has 168 valence electrons. The van der Waals surface area contributed by atoms with E-state index >= 15 is 0 Å². The highest BCUT2D eigenvalue weighted by molar-refractivity contribution is 9.10. The zero-order valence-electron chi connectivity index (χ0n) is 17.9. The second-order valence-electron chi connectivity index (χ2n) is 7.74. The van der Waals surface area contributed by atoms with E-state index in [1.807, 2.05) is 30.3 Å². The van der Waals surface area contributed by atoms with Gasteiger partial charge >= 0.3 is 0 Å². The molecule has 0 N–H and O–H groups in total. The lowest BCUT2D eigenvalue weighted by Crippen LogP contribution is -2.35. The summed E-state index contributed by atoms with van der Waals surface area (Å²) in [6, 6.07) is 12.0. The Hall–Kier alpha value is -1.87. The number of halogens is 1. The Bertz CT molecular complexity index is 1050. The third-order valence-corrected chi connectivity index (χ3v) is 7.30. The molecule has 0 spiro atoms. The Morgan fingerprint density at radius 2 is 2.09 bits per heavy atom. The fourth-order valence-corrected chi connectivity index (χ4v) is 5.45. The number of rotatable bonds is 7. The molecule has 2 fully saturated rings. The monoisotopic (exact) mass is 533 g/mol. The van der Waals surface area contributed by atoms with Gasteiger partial charge in [-0.2, -0.15) is 0 Å². The van der Waals surface area contributed by atoms with Gasteiger partial charge in [-0.1, -0.05) is 53.8 Å². The van der Waals surface area contributed by atoms with Crippen molar-refractivity contribution >= 4 is 56.2 Å². The van der Waals surface area contributed by atoms with Gasteiger partial charge in [-0.15, -0.1) is 0 Å².